The molecule has 4 rings (SSSR count). The van der Waals surface area contributed by atoms with Gasteiger partial charge < -0.3 is 0 Å². The first-order valence-corrected chi connectivity index (χ1v) is 9.71. The van der Waals surface area contributed by atoms with Crippen LogP contribution >= 0.6 is 0 Å². The summed E-state index contributed by atoms with van der Waals surface area (Å²) in [5.41, 5.74) is 5.66. The number of benzene rings is 1. The quantitative estimate of drug-likeness (QED) is 0.435. The molecule has 1 aromatic carbocycles. The molecule has 1 aliphatic rings. The molecular formula is C20H26N7O2+. The van der Waals surface area contributed by atoms with Crippen molar-refractivity contribution in [1.29, 1.82) is 0 Å². The summed E-state index contributed by atoms with van der Waals surface area (Å²) in [6.45, 7) is 2.73. The highest BCUT2D eigenvalue weighted by molar-refractivity contribution is 5.36. The lowest BCUT2D eigenvalue weighted by Crippen LogP contribution is -2.42. The van der Waals surface area contributed by atoms with Crippen molar-refractivity contribution < 1.29 is 15.3 Å². The third-order valence-electron chi connectivity index (χ3n) is 5.12. The standard InChI is InChI=1S/C20H26N7O2/c1-27(28,29)23-20-13-17(7-10-21-20)16-8-11-25(12-9-16)14-18-15-26(24-22-18)19-5-3-2-4-6-19/h2-7,10,13,15-16,28-29H,8-9,11-12,14H2,1H3,(H,21,23)/q+1. The molecule has 2 aromatic heterocycles. The van der Waals surface area contributed by atoms with Crippen LogP contribution in [0.25, 0.3) is 5.69 Å². The van der Waals surface area contributed by atoms with E-state index in [2.05, 4.69) is 25.6 Å². The van der Waals surface area contributed by atoms with Crippen molar-refractivity contribution in [2.24, 2.45) is 0 Å². The van der Waals surface area contributed by atoms with E-state index in [1.54, 1.807) is 6.20 Å². The van der Waals surface area contributed by atoms with Crippen LogP contribution in [0.4, 0.5) is 5.82 Å². The third kappa shape index (κ3) is 5.15. The summed E-state index contributed by atoms with van der Waals surface area (Å²) >= 11 is 0. The molecule has 0 amide bonds. The Labute approximate surface area is 169 Å². The monoisotopic (exact) mass is 396 g/mol. The van der Waals surface area contributed by atoms with Crippen LogP contribution in [0.5, 0.6) is 0 Å². The molecule has 0 radical (unpaired) electrons. The fourth-order valence-electron chi connectivity index (χ4n) is 3.71. The number of aromatic nitrogens is 4. The number of para-hydroxylation sites is 1. The Balaban J connectivity index is 1.33. The number of anilines is 1. The Morgan fingerprint density at radius 1 is 1.14 bits per heavy atom. The minimum Gasteiger partial charge on any atom is -0.297 e. The fraction of sp³-hybridized carbons (Fsp3) is 0.350. The number of piperidine rings is 1. The van der Waals surface area contributed by atoms with Gasteiger partial charge in [-0.25, -0.2) is 9.67 Å². The lowest BCUT2D eigenvalue weighted by Gasteiger charge is -2.31. The van der Waals surface area contributed by atoms with Gasteiger partial charge in [-0.05, 0) is 61.7 Å². The maximum atomic E-state index is 9.44. The highest BCUT2D eigenvalue weighted by atomic mass is 16.9. The van der Waals surface area contributed by atoms with Crippen molar-refractivity contribution in [2.75, 3.05) is 25.6 Å². The predicted octanol–water partition coefficient (Wildman–Crippen LogP) is 2.59. The van der Waals surface area contributed by atoms with Gasteiger partial charge in [-0.2, -0.15) is 15.8 Å². The average Bonchev–Trinajstić information content (AvgIpc) is 3.17. The number of rotatable bonds is 6. The Morgan fingerprint density at radius 3 is 2.62 bits per heavy atom. The molecule has 0 bridgehead atoms. The van der Waals surface area contributed by atoms with Gasteiger partial charge in [0.2, 0.25) is 0 Å². The smallest absolute Gasteiger partial charge is 0.181 e. The van der Waals surface area contributed by atoms with E-state index in [-0.39, 0.29) is 0 Å². The molecule has 0 spiro atoms. The molecule has 9 heteroatoms. The Kier molecular flexibility index (Phi) is 5.54. The fourth-order valence-corrected chi connectivity index (χ4v) is 3.71. The highest BCUT2D eigenvalue weighted by Crippen LogP contribution is 2.29. The lowest BCUT2D eigenvalue weighted by atomic mass is 9.90. The molecule has 1 aliphatic heterocycles. The van der Waals surface area contributed by atoms with Crippen LogP contribution in [-0.4, -0.2) is 60.3 Å². The van der Waals surface area contributed by atoms with Gasteiger partial charge in [0, 0.05) is 17.7 Å². The molecule has 3 heterocycles. The average molecular weight is 396 g/mol. The summed E-state index contributed by atoms with van der Waals surface area (Å²) in [5.74, 6) is 0.862. The second kappa shape index (κ2) is 8.26. The molecule has 1 saturated heterocycles. The van der Waals surface area contributed by atoms with Gasteiger partial charge in [-0.3, -0.25) is 4.90 Å². The molecule has 9 nitrogen and oxygen atoms in total. The zero-order valence-corrected chi connectivity index (χ0v) is 16.4. The number of hydrogen-bond donors (Lipinski definition) is 3. The topological polar surface area (TPSA) is 99.3 Å². The largest absolute Gasteiger partial charge is 0.297 e. The Bertz CT molecular complexity index is 931. The zero-order valence-electron chi connectivity index (χ0n) is 16.4. The zero-order chi connectivity index (χ0) is 20.3. The molecule has 0 saturated carbocycles. The van der Waals surface area contributed by atoms with Crippen LogP contribution in [0, 0.1) is 0 Å². The van der Waals surface area contributed by atoms with E-state index in [0.717, 1.165) is 49.4 Å². The van der Waals surface area contributed by atoms with Gasteiger partial charge in [0.15, 0.2) is 12.9 Å². The number of hydrogen-bond acceptors (Lipinski definition) is 7. The van der Waals surface area contributed by atoms with Crippen molar-refractivity contribution in [2.45, 2.75) is 25.3 Å². The number of quaternary nitrogens is 1. The molecule has 152 valence electrons. The Morgan fingerprint density at radius 2 is 1.90 bits per heavy atom. The lowest BCUT2D eigenvalue weighted by molar-refractivity contribution is -1.22. The molecule has 3 aromatic rings. The van der Waals surface area contributed by atoms with Gasteiger partial charge in [-0.1, -0.05) is 23.4 Å². The minimum atomic E-state index is -1.35. The maximum absolute atomic E-state index is 9.44. The van der Waals surface area contributed by atoms with Crippen LogP contribution in [0.1, 0.15) is 30.0 Å². The van der Waals surface area contributed by atoms with Crippen LogP contribution in [0.15, 0.2) is 54.9 Å². The maximum Gasteiger partial charge on any atom is 0.181 e. The van der Waals surface area contributed by atoms with Crippen molar-refractivity contribution in [3.05, 3.63) is 66.1 Å². The van der Waals surface area contributed by atoms with Crippen molar-refractivity contribution >= 4 is 5.82 Å². The summed E-state index contributed by atoms with van der Waals surface area (Å²) in [6.07, 6.45) is 5.74. The third-order valence-corrected chi connectivity index (χ3v) is 5.12. The van der Waals surface area contributed by atoms with Gasteiger partial charge in [0.25, 0.3) is 0 Å². The predicted molar refractivity (Wildman–Crippen MR) is 106 cm³/mol. The first kappa shape index (κ1) is 19.5. The molecule has 0 atom stereocenters. The second-order valence-corrected chi connectivity index (χ2v) is 7.54. The number of hydroxylamine groups is 2. The number of nitrogens with zero attached hydrogens (tertiary/aromatic N) is 6. The summed E-state index contributed by atoms with van der Waals surface area (Å²) in [7, 11) is 1.21. The summed E-state index contributed by atoms with van der Waals surface area (Å²) < 4.78 is 1.81. The van der Waals surface area contributed by atoms with Gasteiger partial charge >= 0.3 is 0 Å². The van der Waals surface area contributed by atoms with E-state index >= 15 is 0 Å². The van der Waals surface area contributed by atoms with Crippen LogP contribution < -0.4 is 5.43 Å². The molecule has 0 unspecified atom stereocenters. The van der Waals surface area contributed by atoms with Crippen molar-refractivity contribution in [3.8, 4) is 5.69 Å². The molecule has 29 heavy (non-hydrogen) atoms. The number of likely N-dealkylation sites (tertiary alicyclic amines) is 1. The summed E-state index contributed by atoms with van der Waals surface area (Å²) in [4.78, 5) is 5.19. The highest BCUT2D eigenvalue weighted by Gasteiger charge is 2.23. The molecule has 3 N–H and O–H groups in total. The SMILES string of the molecule is C[N+](O)(O)Nc1cc(C2CCN(Cc3cn(-c4ccccc4)nn3)CC2)ccn1. The van der Waals surface area contributed by atoms with E-state index in [1.165, 1.54) is 7.05 Å². The second-order valence-electron chi connectivity index (χ2n) is 7.54. The van der Waals surface area contributed by atoms with Crippen LogP contribution in [0.3, 0.4) is 0 Å². The van der Waals surface area contributed by atoms with Crippen LogP contribution in [0.2, 0.25) is 0 Å². The molecule has 0 aliphatic carbocycles. The van der Waals surface area contributed by atoms with Gasteiger partial charge in [-0.15, -0.1) is 5.10 Å². The van der Waals surface area contributed by atoms with E-state index in [1.807, 2.05) is 53.3 Å². The van der Waals surface area contributed by atoms with Gasteiger partial charge in [0.05, 0.1) is 17.6 Å². The first-order valence-electron chi connectivity index (χ1n) is 9.71. The van der Waals surface area contributed by atoms with E-state index in [9.17, 15) is 10.4 Å². The first-order chi connectivity index (χ1) is 14.0. The molecule has 1 fully saturated rings. The van der Waals surface area contributed by atoms with E-state index in [0.29, 0.717) is 11.7 Å². The van der Waals surface area contributed by atoms with Gasteiger partial charge in [0.1, 0.15) is 0 Å². The van der Waals surface area contributed by atoms with Crippen molar-refractivity contribution in [1.82, 2.24) is 24.9 Å². The minimum absolute atomic E-state index is 0.422. The normalized spacial score (nSPS) is 16.1. The van der Waals surface area contributed by atoms with Crippen LogP contribution in [-0.2, 0) is 6.54 Å². The summed E-state index contributed by atoms with van der Waals surface area (Å²) in [5, 5.41) is 27.4. The van der Waals surface area contributed by atoms with E-state index < -0.39 is 4.92 Å². The summed E-state index contributed by atoms with van der Waals surface area (Å²) in [6, 6.07) is 13.9. The number of pyridine rings is 1. The van der Waals surface area contributed by atoms with Crippen molar-refractivity contribution in [3.63, 3.8) is 0 Å². The Hall–Kier alpha value is -2.85. The van der Waals surface area contributed by atoms with E-state index in [4.69, 9.17) is 0 Å². The molecular weight excluding hydrogens is 370 g/mol. The number of nitrogens with one attached hydrogen (secondary N) is 1.